The van der Waals surface area contributed by atoms with E-state index in [0.29, 0.717) is 0 Å². The van der Waals surface area contributed by atoms with Gasteiger partial charge in [0.05, 0.1) is 0 Å². The second-order valence-electron chi connectivity index (χ2n) is 4.97. The van der Waals surface area contributed by atoms with Crippen molar-refractivity contribution in [3.63, 3.8) is 0 Å². The maximum atomic E-state index is 11.9. The van der Waals surface area contributed by atoms with Crippen molar-refractivity contribution in [2.24, 2.45) is 0 Å². The zero-order valence-electron chi connectivity index (χ0n) is 14.3. The summed E-state index contributed by atoms with van der Waals surface area (Å²) in [6.45, 7) is 10.8. The molecular weight excluding hydrogens is 512 g/mol. The summed E-state index contributed by atoms with van der Waals surface area (Å²) < 4.78 is 2.28. The van der Waals surface area contributed by atoms with Crippen LogP contribution in [0.3, 0.4) is 0 Å². The molecule has 3 aromatic rings. The van der Waals surface area contributed by atoms with Crippen LogP contribution >= 0.6 is 37.2 Å². The number of carbonyl (C=O) groups excluding carboxylic acids is 1. The summed E-state index contributed by atoms with van der Waals surface area (Å²) in [7, 11) is 0. The van der Waals surface area contributed by atoms with Gasteiger partial charge in [-0.1, -0.05) is 38.1 Å². The van der Waals surface area contributed by atoms with E-state index < -0.39 is 0 Å². The molecule has 0 atom stereocenters. The van der Waals surface area contributed by atoms with Gasteiger partial charge in [-0.05, 0) is 38.5 Å². The number of Topliss-reactive ketones (excluding diaryl/α,β-unsaturated/α-hetero) is 1. The van der Waals surface area contributed by atoms with Crippen LogP contribution < -0.4 is 0 Å². The van der Waals surface area contributed by atoms with Crippen molar-refractivity contribution < 1.29 is 4.79 Å². The number of ketones is 1. The molecule has 23 heavy (non-hydrogen) atoms. The lowest BCUT2D eigenvalue weighted by molar-refractivity contribution is 0.101. The highest BCUT2D eigenvalue weighted by atomic mass is 128. The van der Waals surface area contributed by atoms with Crippen LogP contribution in [0.4, 0.5) is 0 Å². The molecule has 124 valence electrons. The van der Waals surface area contributed by atoms with Crippen LogP contribution in [0, 0.1) is 6.92 Å². The SMILES string of the molecule is CC.CCn1c2cccc(C)c2c2c(C(C)=O)cccc21.II. The molecule has 0 radical (unpaired) electrons. The number of aryl methyl sites for hydroxylation is 2. The molecule has 0 spiro atoms. The molecule has 1 heterocycles. The Balaban J connectivity index is 0.000000615. The van der Waals surface area contributed by atoms with E-state index in [1.165, 1.54) is 16.5 Å². The van der Waals surface area contributed by atoms with Crippen LogP contribution in [0.25, 0.3) is 21.8 Å². The molecular formula is C19H23I2NO. The van der Waals surface area contributed by atoms with E-state index in [1.54, 1.807) is 6.92 Å². The molecule has 2 aromatic carbocycles. The van der Waals surface area contributed by atoms with Gasteiger partial charge in [-0.3, -0.25) is 4.79 Å². The molecule has 0 aliphatic rings. The fourth-order valence-corrected chi connectivity index (χ4v) is 2.99. The molecule has 0 aliphatic heterocycles. The number of fused-ring (bicyclic) bond motifs is 3. The molecule has 3 rings (SSSR count). The third-order valence-electron chi connectivity index (χ3n) is 3.82. The summed E-state index contributed by atoms with van der Waals surface area (Å²) in [5.74, 6) is 0.129. The van der Waals surface area contributed by atoms with E-state index in [-0.39, 0.29) is 5.78 Å². The van der Waals surface area contributed by atoms with E-state index >= 15 is 0 Å². The van der Waals surface area contributed by atoms with Gasteiger partial charge in [0, 0.05) is 71.1 Å². The third-order valence-corrected chi connectivity index (χ3v) is 3.82. The number of carbonyl (C=O) groups is 1. The maximum Gasteiger partial charge on any atom is 0.160 e. The number of benzene rings is 2. The Kier molecular flexibility index (Phi) is 8.53. The minimum atomic E-state index is 0.129. The first-order valence-electron chi connectivity index (χ1n) is 7.81. The third kappa shape index (κ3) is 3.90. The Morgan fingerprint density at radius 3 is 2.04 bits per heavy atom. The molecule has 2 nitrogen and oxygen atoms in total. The lowest BCUT2D eigenvalue weighted by atomic mass is 10.0. The molecule has 1 aromatic heterocycles. The van der Waals surface area contributed by atoms with Gasteiger partial charge >= 0.3 is 0 Å². The second kappa shape index (κ2) is 9.61. The van der Waals surface area contributed by atoms with Crippen molar-refractivity contribution >= 4 is 64.8 Å². The van der Waals surface area contributed by atoms with E-state index in [0.717, 1.165) is 23.0 Å². The minimum Gasteiger partial charge on any atom is -0.341 e. The average Bonchev–Trinajstić information content (AvgIpc) is 2.93. The van der Waals surface area contributed by atoms with Crippen LogP contribution in [0.1, 0.15) is 43.6 Å². The van der Waals surface area contributed by atoms with E-state index in [1.807, 2.05) is 26.0 Å². The molecule has 0 bridgehead atoms. The lowest BCUT2D eigenvalue weighted by Crippen LogP contribution is -1.95. The van der Waals surface area contributed by atoms with Crippen molar-refractivity contribution in [3.05, 3.63) is 47.5 Å². The standard InChI is InChI=1S/C17H17NO.C2H6.I2/c1-4-18-14-9-5-7-11(2)16(14)17-13(12(3)19)8-6-10-15(17)18;2*1-2/h5-10H,4H2,1-3H3;1-2H3;. The predicted octanol–water partition coefficient (Wildman–Crippen LogP) is 7.12. The van der Waals surface area contributed by atoms with Crippen molar-refractivity contribution in [1.82, 2.24) is 4.57 Å². The highest BCUT2D eigenvalue weighted by Gasteiger charge is 2.15. The van der Waals surface area contributed by atoms with Crippen molar-refractivity contribution in [2.45, 2.75) is 41.2 Å². The summed E-state index contributed by atoms with van der Waals surface area (Å²) >= 11 is 4.24. The predicted molar refractivity (Wildman–Crippen MR) is 119 cm³/mol. The lowest BCUT2D eigenvalue weighted by Gasteiger charge is -2.03. The zero-order chi connectivity index (χ0) is 17.6. The summed E-state index contributed by atoms with van der Waals surface area (Å²) in [6, 6.07) is 12.3. The zero-order valence-corrected chi connectivity index (χ0v) is 18.6. The first-order valence-corrected chi connectivity index (χ1v) is 14.1. The fraction of sp³-hybridized carbons (Fsp3) is 0.316. The summed E-state index contributed by atoms with van der Waals surface area (Å²) in [4.78, 5) is 11.9. The number of halogens is 2. The second-order valence-corrected chi connectivity index (χ2v) is 4.97. The Morgan fingerprint density at radius 1 is 1.00 bits per heavy atom. The molecule has 0 aliphatic carbocycles. The van der Waals surface area contributed by atoms with Crippen molar-refractivity contribution in [1.29, 1.82) is 0 Å². The average molecular weight is 535 g/mol. The Labute approximate surface area is 162 Å². The van der Waals surface area contributed by atoms with Crippen molar-refractivity contribution in [3.8, 4) is 0 Å². The molecule has 0 amide bonds. The number of hydrogen-bond acceptors (Lipinski definition) is 1. The molecule has 0 unspecified atom stereocenters. The van der Waals surface area contributed by atoms with Crippen molar-refractivity contribution in [2.75, 3.05) is 0 Å². The van der Waals surface area contributed by atoms with Gasteiger partial charge in [-0.25, -0.2) is 0 Å². The van der Waals surface area contributed by atoms with E-state index in [9.17, 15) is 4.79 Å². The molecule has 0 saturated carbocycles. The number of rotatable bonds is 2. The number of aromatic nitrogens is 1. The van der Waals surface area contributed by atoms with Gasteiger partial charge < -0.3 is 4.57 Å². The van der Waals surface area contributed by atoms with Gasteiger partial charge in [0.25, 0.3) is 0 Å². The quantitative estimate of drug-likeness (QED) is 0.253. The van der Waals surface area contributed by atoms with Gasteiger partial charge in [0.2, 0.25) is 0 Å². The normalized spacial score (nSPS) is 9.87. The van der Waals surface area contributed by atoms with Crippen LogP contribution in [0.15, 0.2) is 36.4 Å². The smallest absolute Gasteiger partial charge is 0.160 e. The maximum absolute atomic E-state index is 11.9. The number of nitrogens with zero attached hydrogens (tertiary/aromatic N) is 1. The minimum absolute atomic E-state index is 0.129. The molecule has 0 fully saturated rings. The van der Waals surface area contributed by atoms with Crippen LogP contribution in [0.5, 0.6) is 0 Å². The van der Waals surface area contributed by atoms with Gasteiger partial charge in [-0.15, -0.1) is 0 Å². The van der Waals surface area contributed by atoms with Crippen LogP contribution in [-0.2, 0) is 6.54 Å². The topological polar surface area (TPSA) is 22.0 Å². The Morgan fingerprint density at radius 2 is 1.52 bits per heavy atom. The fourth-order valence-electron chi connectivity index (χ4n) is 2.99. The highest BCUT2D eigenvalue weighted by molar-refractivity contribution is 15.0. The van der Waals surface area contributed by atoms with Crippen LogP contribution in [-0.4, -0.2) is 10.4 Å². The molecule has 0 N–H and O–H groups in total. The highest BCUT2D eigenvalue weighted by Crippen LogP contribution is 2.33. The summed E-state index contributed by atoms with van der Waals surface area (Å²) in [5, 5.41) is 2.31. The summed E-state index contributed by atoms with van der Waals surface area (Å²) in [5.41, 5.74) is 4.41. The first-order chi connectivity index (χ1) is 11.1. The molecule has 0 saturated heterocycles. The van der Waals surface area contributed by atoms with Gasteiger partial charge in [0.1, 0.15) is 0 Å². The largest absolute Gasteiger partial charge is 0.341 e. The monoisotopic (exact) mass is 535 g/mol. The van der Waals surface area contributed by atoms with E-state index in [4.69, 9.17) is 0 Å². The van der Waals surface area contributed by atoms with Gasteiger partial charge in [0.15, 0.2) is 5.78 Å². The van der Waals surface area contributed by atoms with Crippen LogP contribution in [0.2, 0.25) is 0 Å². The summed E-state index contributed by atoms with van der Waals surface area (Å²) in [6.07, 6.45) is 0. The number of hydrogen-bond donors (Lipinski definition) is 0. The van der Waals surface area contributed by atoms with E-state index in [2.05, 4.69) is 79.9 Å². The first kappa shape index (κ1) is 20.4. The Hall–Kier alpha value is -0.630. The molecule has 4 heteroatoms. The van der Waals surface area contributed by atoms with Gasteiger partial charge in [-0.2, -0.15) is 0 Å². The Bertz CT molecular complexity index is 806.